The van der Waals surface area contributed by atoms with Gasteiger partial charge in [0.2, 0.25) is 11.8 Å². The summed E-state index contributed by atoms with van der Waals surface area (Å²) in [5, 5.41) is 11.3. The second kappa shape index (κ2) is 9.47. The van der Waals surface area contributed by atoms with Crippen LogP contribution in [0, 0.1) is 6.92 Å². The van der Waals surface area contributed by atoms with Crippen molar-refractivity contribution in [3.05, 3.63) is 89.5 Å². The van der Waals surface area contributed by atoms with Crippen molar-refractivity contribution in [2.24, 2.45) is 0 Å². The minimum absolute atomic E-state index is 0.156. The number of hydrogen-bond acceptors (Lipinski definition) is 5. The highest BCUT2D eigenvalue weighted by atomic mass is 16.5. The lowest BCUT2D eigenvalue weighted by atomic mass is 10.1. The van der Waals surface area contributed by atoms with Crippen LogP contribution in [-0.2, 0) is 0 Å². The second-order valence-corrected chi connectivity index (χ2v) is 7.56. The van der Waals surface area contributed by atoms with Gasteiger partial charge in [-0.2, -0.15) is 0 Å². The molecule has 32 heavy (non-hydrogen) atoms. The van der Waals surface area contributed by atoms with Crippen molar-refractivity contribution in [1.82, 2.24) is 15.5 Å². The molecule has 6 heteroatoms. The van der Waals surface area contributed by atoms with E-state index in [0.717, 1.165) is 28.0 Å². The van der Waals surface area contributed by atoms with E-state index in [-0.39, 0.29) is 11.9 Å². The fraction of sp³-hybridized carbons (Fsp3) is 0.192. The van der Waals surface area contributed by atoms with Gasteiger partial charge in [-0.25, -0.2) is 0 Å². The minimum Gasteiger partial charge on any atom is -0.494 e. The van der Waals surface area contributed by atoms with Gasteiger partial charge in [0.15, 0.2) is 0 Å². The Balaban J connectivity index is 1.44. The highest BCUT2D eigenvalue weighted by Gasteiger charge is 2.14. The normalized spacial score (nSPS) is 11.7. The minimum atomic E-state index is -0.157. The fourth-order valence-electron chi connectivity index (χ4n) is 3.40. The molecule has 1 amide bonds. The molecule has 1 unspecified atom stereocenters. The smallest absolute Gasteiger partial charge is 0.251 e. The van der Waals surface area contributed by atoms with E-state index < -0.39 is 0 Å². The molecule has 3 aromatic carbocycles. The van der Waals surface area contributed by atoms with E-state index in [0.29, 0.717) is 24.0 Å². The van der Waals surface area contributed by atoms with Crippen LogP contribution in [-0.4, -0.2) is 22.7 Å². The molecule has 0 saturated carbocycles. The van der Waals surface area contributed by atoms with Crippen LogP contribution in [0.4, 0.5) is 0 Å². The van der Waals surface area contributed by atoms with E-state index in [4.69, 9.17) is 9.15 Å². The maximum Gasteiger partial charge on any atom is 0.251 e. The van der Waals surface area contributed by atoms with Crippen LogP contribution in [0.5, 0.6) is 5.75 Å². The van der Waals surface area contributed by atoms with Gasteiger partial charge in [-0.3, -0.25) is 4.79 Å². The number of carbonyl (C=O) groups is 1. The molecule has 0 bridgehead atoms. The van der Waals surface area contributed by atoms with E-state index in [1.54, 1.807) is 12.1 Å². The molecule has 0 aliphatic rings. The molecule has 4 rings (SSSR count). The number of benzene rings is 3. The Morgan fingerprint density at radius 3 is 2.41 bits per heavy atom. The van der Waals surface area contributed by atoms with Gasteiger partial charge < -0.3 is 14.5 Å². The molecule has 4 aromatic rings. The lowest BCUT2D eigenvalue weighted by Crippen LogP contribution is -2.26. The average Bonchev–Trinajstić information content (AvgIpc) is 3.30. The Bertz CT molecular complexity index is 1210. The molecule has 1 atom stereocenters. The summed E-state index contributed by atoms with van der Waals surface area (Å²) >= 11 is 0. The van der Waals surface area contributed by atoms with Crippen LogP contribution in [0.3, 0.4) is 0 Å². The van der Waals surface area contributed by atoms with Crippen LogP contribution in [0.15, 0.2) is 77.2 Å². The zero-order valence-corrected chi connectivity index (χ0v) is 18.3. The first-order valence-electron chi connectivity index (χ1n) is 10.6. The highest BCUT2D eigenvalue weighted by Crippen LogP contribution is 2.25. The van der Waals surface area contributed by atoms with Crippen LogP contribution in [0.25, 0.3) is 22.9 Å². The molecule has 0 spiro atoms. The SMILES string of the molecule is CCOc1cccc(C(C)NC(=O)c2ccc(-c3nnc(-c4cccc(C)c4)o3)cc2)c1. The van der Waals surface area contributed by atoms with Gasteiger partial charge in [-0.05, 0) is 74.9 Å². The molecule has 0 fully saturated rings. The number of aromatic nitrogens is 2. The van der Waals surface area contributed by atoms with E-state index in [2.05, 4.69) is 15.5 Å². The van der Waals surface area contributed by atoms with Crippen molar-refractivity contribution < 1.29 is 13.9 Å². The topological polar surface area (TPSA) is 77.2 Å². The molecule has 1 heterocycles. The predicted molar refractivity (Wildman–Crippen MR) is 123 cm³/mol. The number of rotatable bonds is 7. The molecule has 6 nitrogen and oxygen atoms in total. The Labute approximate surface area is 187 Å². The van der Waals surface area contributed by atoms with Gasteiger partial charge in [-0.15, -0.1) is 10.2 Å². The van der Waals surface area contributed by atoms with Gasteiger partial charge in [-0.1, -0.05) is 29.8 Å². The summed E-state index contributed by atoms with van der Waals surface area (Å²) in [7, 11) is 0. The van der Waals surface area contributed by atoms with E-state index in [9.17, 15) is 4.79 Å². The number of nitrogens with one attached hydrogen (secondary N) is 1. The quantitative estimate of drug-likeness (QED) is 0.415. The van der Waals surface area contributed by atoms with Crippen molar-refractivity contribution >= 4 is 5.91 Å². The van der Waals surface area contributed by atoms with Crippen LogP contribution in [0.2, 0.25) is 0 Å². The molecule has 0 saturated heterocycles. The second-order valence-electron chi connectivity index (χ2n) is 7.56. The highest BCUT2D eigenvalue weighted by molar-refractivity contribution is 5.94. The molecular weight excluding hydrogens is 402 g/mol. The van der Waals surface area contributed by atoms with E-state index in [1.807, 2.05) is 81.4 Å². The standard InChI is InChI=1S/C26H25N3O3/c1-4-31-23-10-6-8-21(16-23)18(3)27-24(30)19-11-13-20(14-12-19)25-28-29-26(32-25)22-9-5-7-17(2)15-22/h5-16,18H,4H2,1-3H3,(H,27,30). The van der Waals surface area contributed by atoms with Crippen LogP contribution < -0.4 is 10.1 Å². The summed E-state index contributed by atoms with van der Waals surface area (Å²) in [4.78, 5) is 12.7. The first kappa shape index (κ1) is 21.3. The number of hydrogen-bond donors (Lipinski definition) is 1. The third-order valence-corrected chi connectivity index (χ3v) is 5.10. The first-order valence-corrected chi connectivity index (χ1v) is 10.6. The van der Waals surface area contributed by atoms with Crippen LogP contribution in [0.1, 0.15) is 41.4 Å². The summed E-state index contributed by atoms with van der Waals surface area (Å²) in [5.74, 6) is 1.51. The number of ether oxygens (including phenoxy) is 1. The number of carbonyl (C=O) groups excluding carboxylic acids is 1. The monoisotopic (exact) mass is 427 g/mol. The average molecular weight is 428 g/mol. The van der Waals surface area contributed by atoms with Gasteiger partial charge in [0.25, 0.3) is 5.91 Å². The summed E-state index contributed by atoms with van der Waals surface area (Å²) in [5.41, 5.74) is 4.29. The van der Waals surface area contributed by atoms with Gasteiger partial charge in [0.05, 0.1) is 12.6 Å². The molecule has 0 aliphatic heterocycles. The van der Waals surface area contributed by atoms with Crippen molar-refractivity contribution in [1.29, 1.82) is 0 Å². The fourth-order valence-corrected chi connectivity index (χ4v) is 3.40. The number of amides is 1. The molecule has 1 aromatic heterocycles. The Kier molecular flexibility index (Phi) is 6.31. The largest absolute Gasteiger partial charge is 0.494 e. The van der Waals surface area contributed by atoms with E-state index in [1.165, 1.54) is 0 Å². The molecule has 0 aliphatic carbocycles. The zero-order valence-electron chi connectivity index (χ0n) is 18.3. The van der Waals surface area contributed by atoms with Crippen molar-refractivity contribution in [2.75, 3.05) is 6.61 Å². The molecule has 1 N–H and O–H groups in total. The Hall–Kier alpha value is -3.93. The summed E-state index contributed by atoms with van der Waals surface area (Å²) in [6, 6.07) is 22.6. The van der Waals surface area contributed by atoms with Gasteiger partial charge in [0, 0.05) is 16.7 Å². The Morgan fingerprint density at radius 1 is 0.969 bits per heavy atom. The lowest BCUT2D eigenvalue weighted by molar-refractivity contribution is 0.0940. The van der Waals surface area contributed by atoms with Gasteiger partial charge >= 0.3 is 0 Å². The summed E-state index contributed by atoms with van der Waals surface area (Å²) < 4.78 is 11.4. The summed E-state index contributed by atoms with van der Waals surface area (Å²) in [6.07, 6.45) is 0. The first-order chi connectivity index (χ1) is 15.5. The van der Waals surface area contributed by atoms with Crippen LogP contribution >= 0.6 is 0 Å². The van der Waals surface area contributed by atoms with Crippen molar-refractivity contribution in [3.8, 4) is 28.7 Å². The maximum atomic E-state index is 12.7. The summed E-state index contributed by atoms with van der Waals surface area (Å²) in [6.45, 7) is 6.51. The maximum absolute atomic E-state index is 12.7. The lowest BCUT2D eigenvalue weighted by Gasteiger charge is -2.15. The molecule has 0 radical (unpaired) electrons. The van der Waals surface area contributed by atoms with E-state index >= 15 is 0 Å². The number of aryl methyl sites for hydroxylation is 1. The predicted octanol–water partition coefficient (Wildman–Crippen LogP) is 5.60. The van der Waals surface area contributed by atoms with Crippen molar-refractivity contribution in [2.45, 2.75) is 26.8 Å². The Morgan fingerprint density at radius 2 is 1.69 bits per heavy atom. The zero-order chi connectivity index (χ0) is 22.5. The third-order valence-electron chi connectivity index (χ3n) is 5.10. The van der Waals surface area contributed by atoms with Crippen molar-refractivity contribution in [3.63, 3.8) is 0 Å². The van der Waals surface area contributed by atoms with Gasteiger partial charge in [0.1, 0.15) is 5.75 Å². The third kappa shape index (κ3) is 4.86. The number of nitrogens with zero attached hydrogens (tertiary/aromatic N) is 2. The molecular formula is C26H25N3O3. The molecule has 162 valence electrons.